The number of para-hydroxylation sites is 1. The van der Waals surface area contributed by atoms with Crippen LogP contribution in [0, 0.1) is 16.7 Å². The van der Waals surface area contributed by atoms with Gasteiger partial charge in [0, 0.05) is 35.8 Å². The Labute approximate surface area is 235 Å². The number of anilines is 1. The van der Waals surface area contributed by atoms with Crippen molar-refractivity contribution in [2.75, 3.05) is 11.9 Å². The van der Waals surface area contributed by atoms with E-state index in [1.54, 1.807) is 30.3 Å². The molecule has 3 atom stereocenters. The zero-order valence-corrected chi connectivity index (χ0v) is 22.8. The maximum absolute atomic E-state index is 14.0. The van der Waals surface area contributed by atoms with Gasteiger partial charge < -0.3 is 20.3 Å². The number of nitrogens with one attached hydrogen (secondary N) is 2. The number of benzene rings is 2. The first-order chi connectivity index (χ1) is 19.4. The van der Waals surface area contributed by atoms with Gasteiger partial charge in [0.2, 0.25) is 11.8 Å². The van der Waals surface area contributed by atoms with Crippen LogP contribution in [0.5, 0.6) is 5.75 Å². The lowest BCUT2D eigenvalue weighted by Crippen LogP contribution is -2.52. The molecule has 41 heavy (non-hydrogen) atoms. The molecule has 3 heterocycles. The highest BCUT2D eigenvalue weighted by Gasteiger charge is 2.56. The minimum atomic E-state index is -3.13. The highest BCUT2D eigenvalue weighted by Crippen LogP contribution is 2.46. The van der Waals surface area contributed by atoms with Gasteiger partial charge in [-0.25, -0.2) is 0 Å². The van der Waals surface area contributed by atoms with Crippen molar-refractivity contribution in [3.8, 4) is 11.8 Å². The lowest BCUT2D eigenvalue weighted by molar-refractivity contribution is -0.134. The largest absolute Gasteiger partial charge is 0.432 e. The second-order valence-corrected chi connectivity index (χ2v) is 11.6. The molecule has 1 aromatic heterocycles. The minimum Gasteiger partial charge on any atom is -0.432 e. The third kappa shape index (κ3) is 5.29. The van der Waals surface area contributed by atoms with E-state index in [0.717, 1.165) is 11.6 Å². The van der Waals surface area contributed by atoms with Crippen molar-refractivity contribution < 1.29 is 27.9 Å². The van der Waals surface area contributed by atoms with Crippen LogP contribution in [-0.4, -0.2) is 52.8 Å². The van der Waals surface area contributed by atoms with Crippen molar-refractivity contribution in [3.05, 3.63) is 65.9 Å². The summed E-state index contributed by atoms with van der Waals surface area (Å²) >= 11 is 0. The summed E-state index contributed by atoms with van der Waals surface area (Å²) in [5.41, 5.74) is 0.0639. The summed E-state index contributed by atoms with van der Waals surface area (Å²) in [7, 11) is 0. The van der Waals surface area contributed by atoms with Gasteiger partial charge in [0.15, 0.2) is 5.75 Å². The van der Waals surface area contributed by atoms with Crippen molar-refractivity contribution in [1.29, 1.82) is 5.26 Å². The Morgan fingerprint density at radius 2 is 2.00 bits per heavy atom. The Morgan fingerprint density at radius 1 is 1.24 bits per heavy atom. The molecule has 0 radical (unpaired) electrons. The first kappa shape index (κ1) is 28.0. The second-order valence-electron chi connectivity index (χ2n) is 11.6. The summed E-state index contributed by atoms with van der Waals surface area (Å²) in [5, 5.41) is 16.0. The fraction of sp³-hybridized carbons (Fsp3) is 0.367. The van der Waals surface area contributed by atoms with Crippen LogP contribution in [0.1, 0.15) is 49.5 Å². The van der Waals surface area contributed by atoms with Gasteiger partial charge in [0.1, 0.15) is 17.6 Å². The Bertz CT molecular complexity index is 1580. The summed E-state index contributed by atoms with van der Waals surface area (Å²) in [4.78, 5) is 46.1. The number of amides is 3. The zero-order chi connectivity index (χ0) is 29.5. The highest BCUT2D eigenvalue weighted by atomic mass is 19.3. The maximum atomic E-state index is 14.0. The van der Waals surface area contributed by atoms with Gasteiger partial charge in [0.25, 0.3) is 5.91 Å². The number of nitriles is 1. The molecule has 1 saturated heterocycles. The van der Waals surface area contributed by atoms with E-state index in [1.807, 2.05) is 26.8 Å². The molecule has 11 heteroatoms. The summed E-state index contributed by atoms with van der Waals surface area (Å²) in [6.07, 6.45) is 1.77. The van der Waals surface area contributed by atoms with Crippen LogP contribution in [0.15, 0.2) is 54.7 Å². The third-order valence-electron chi connectivity index (χ3n) is 7.48. The van der Waals surface area contributed by atoms with Crippen LogP contribution in [-0.2, 0) is 15.0 Å². The van der Waals surface area contributed by atoms with E-state index in [0.29, 0.717) is 11.1 Å². The number of aromatic nitrogens is 1. The summed E-state index contributed by atoms with van der Waals surface area (Å²) in [6.45, 7) is 2.57. The first-order valence-electron chi connectivity index (χ1n) is 13.2. The van der Waals surface area contributed by atoms with Gasteiger partial charge in [-0.1, -0.05) is 45.0 Å². The third-order valence-corrected chi connectivity index (χ3v) is 7.48. The number of carbonyl (C=O) groups is 3. The number of nitrogens with zero attached hydrogens (tertiary/aromatic N) is 3. The van der Waals surface area contributed by atoms with E-state index in [2.05, 4.69) is 26.4 Å². The monoisotopic (exact) mass is 561 g/mol. The van der Waals surface area contributed by atoms with Crippen molar-refractivity contribution in [2.24, 2.45) is 5.41 Å². The average molecular weight is 562 g/mol. The fourth-order valence-electron chi connectivity index (χ4n) is 5.72. The molecule has 2 aliphatic rings. The second kappa shape index (κ2) is 10.4. The molecule has 212 valence electrons. The topological polar surface area (TPSA) is 124 Å². The van der Waals surface area contributed by atoms with Gasteiger partial charge in [0.05, 0.1) is 11.5 Å². The standard InChI is InChI=1S/C30H29F2N5O4/c1-29(2,3)14-22(35-25(38)18-11-17-7-6-10-34-24(17)23(12-18)41-28(31)32)26(39)37-16-30(13-19(37)15-33)20-8-4-5-9-21(20)36-27(30)40/h4-12,19,22,28H,13-14,16H2,1-3H3,(H,35,38)(H,36,40)/t19-,22-,30-/m0/s1. The van der Waals surface area contributed by atoms with E-state index in [-0.39, 0.29) is 42.1 Å². The number of fused-ring (bicyclic) bond motifs is 3. The van der Waals surface area contributed by atoms with E-state index in [1.165, 1.54) is 17.2 Å². The minimum absolute atomic E-state index is 0.00619. The number of alkyl halides is 2. The molecule has 0 saturated carbocycles. The van der Waals surface area contributed by atoms with Crippen LogP contribution in [0.4, 0.5) is 14.5 Å². The van der Waals surface area contributed by atoms with E-state index < -0.39 is 41.3 Å². The molecule has 2 N–H and O–H groups in total. The average Bonchev–Trinajstić information content (AvgIpc) is 3.44. The Morgan fingerprint density at radius 3 is 2.71 bits per heavy atom. The van der Waals surface area contributed by atoms with Crippen molar-refractivity contribution in [3.63, 3.8) is 0 Å². The molecule has 0 bridgehead atoms. The summed E-state index contributed by atoms with van der Waals surface area (Å²) in [6, 6.07) is 13.3. The molecule has 0 aliphatic carbocycles. The SMILES string of the molecule is CC(C)(C)C[C@H](NC(=O)c1cc(OC(F)F)c2ncccc2c1)C(=O)N1C[C@]2(C[C@H]1C#N)C(=O)Nc1ccccc12. The lowest BCUT2D eigenvalue weighted by atomic mass is 9.80. The van der Waals surface area contributed by atoms with Crippen molar-refractivity contribution in [2.45, 2.75) is 57.7 Å². The predicted molar refractivity (Wildman–Crippen MR) is 146 cm³/mol. The number of rotatable bonds is 6. The molecule has 3 amide bonds. The Balaban J connectivity index is 1.46. The predicted octanol–water partition coefficient (Wildman–Crippen LogP) is 4.39. The number of halogens is 2. The molecule has 0 unspecified atom stereocenters. The maximum Gasteiger partial charge on any atom is 0.387 e. The van der Waals surface area contributed by atoms with Gasteiger partial charge in [-0.2, -0.15) is 14.0 Å². The molecule has 3 aromatic rings. The molecule has 5 rings (SSSR count). The van der Waals surface area contributed by atoms with E-state index in [9.17, 15) is 28.4 Å². The highest BCUT2D eigenvalue weighted by molar-refractivity contribution is 6.07. The molecule has 1 spiro atoms. The number of hydrogen-bond donors (Lipinski definition) is 2. The Hall–Kier alpha value is -4.59. The molecule has 2 aromatic carbocycles. The van der Waals surface area contributed by atoms with Gasteiger partial charge >= 0.3 is 6.61 Å². The van der Waals surface area contributed by atoms with Crippen LogP contribution >= 0.6 is 0 Å². The molecule has 2 aliphatic heterocycles. The Kier molecular flexibility index (Phi) is 7.11. The first-order valence-corrected chi connectivity index (χ1v) is 13.2. The quantitative estimate of drug-likeness (QED) is 0.460. The van der Waals surface area contributed by atoms with Gasteiger partial charge in [-0.05, 0) is 41.7 Å². The van der Waals surface area contributed by atoms with Gasteiger partial charge in [-0.3, -0.25) is 19.4 Å². The number of carbonyl (C=O) groups excluding carboxylic acids is 3. The smallest absolute Gasteiger partial charge is 0.387 e. The van der Waals surface area contributed by atoms with Gasteiger partial charge in [-0.15, -0.1) is 0 Å². The van der Waals surface area contributed by atoms with Crippen LogP contribution in [0.2, 0.25) is 0 Å². The lowest BCUT2D eigenvalue weighted by Gasteiger charge is -2.31. The van der Waals surface area contributed by atoms with E-state index >= 15 is 0 Å². The fourth-order valence-corrected chi connectivity index (χ4v) is 5.72. The number of pyridine rings is 1. The van der Waals surface area contributed by atoms with Crippen LogP contribution < -0.4 is 15.4 Å². The number of ether oxygens (including phenoxy) is 1. The molecular formula is C30H29F2N5O4. The van der Waals surface area contributed by atoms with E-state index in [4.69, 9.17) is 0 Å². The number of hydrogen-bond acceptors (Lipinski definition) is 6. The van der Waals surface area contributed by atoms with Crippen molar-refractivity contribution >= 4 is 34.3 Å². The summed E-state index contributed by atoms with van der Waals surface area (Å²) < 4.78 is 30.9. The van der Waals surface area contributed by atoms with Crippen LogP contribution in [0.25, 0.3) is 10.9 Å². The van der Waals surface area contributed by atoms with Crippen molar-refractivity contribution in [1.82, 2.24) is 15.2 Å². The molecule has 1 fully saturated rings. The molecular weight excluding hydrogens is 532 g/mol. The zero-order valence-electron chi connectivity index (χ0n) is 22.8. The normalized spacial score (nSPS) is 20.6. The van der Waals surface area contributed by atoms with Crippen LogP contribution in [0.3, 0.4) is 0 Å². The summed E-state index contributed by atoms with van der Waals surface area (Å²) in [5.74, 6) is -1.72. The number of likely N-dealkylation sites (tertiary alicyclic amines) is 1. The molecule has 9 nitrogen and oxygen atoms in total.